The Balaban J connectivity index is 2.34. The molecular formula is C11H18N4. The Kier molecular flexibility index (Phi) is 2.50. The Labute approximate surface area is 90.0 Å². The first kappa shape index (κ1) is 10.2. The molecule has 4 nitrogen and oxygen atoms in total. The van der Waals surface area contributed by atoms with Crippen LogP contribution >= 0.6 is 0 Å². The molecule has 1 aromatic heterocycles. The summed E-state index contributed by atoms with van der Waals surface area (Å²) in [6.07, 6.45) is 2.79. The van der Waals surface area contributed by atoms with Crippen molar-refractivity contribution in [2.75, 3.05) is 0 Å². The van der Waals surface area contributed by atoms with Crippen molar-refractivity contribution in [3.8, 4) is 0 Å². The molecule has 4 heteroatoms. The molecule has 0 saturated carbocycles. The molecule has 15 heavy (non-hydrogen) atoms. The molecule has 2 rings (SSSR count). The molecule has 82 valence electrons. The van der Waals surface area contributed by atoms with E-state index in [1.54, 1.807) is 0 Å². The van der Waals surface area contributed by atoms with E-state index in [0.717, 1.165) is 30.4 Å². The van der Waals surface area contributed by atoms with Gasteiger partial charge in [0.1, 0.15) is 5.82 Å². The Hall–Kier alpha value is -1.32. The average Bonchev–Trinajstić information content (AvgIpc) is 2.42. The van der Waals surface area contributed by atoms with Crippen LogP contribution in [-0.2, 0) is 19.4 Å². The fourth-order valence-electron chi connectivity index (χ4n) is 2.30. The standard InChI is InChI=1S/C11H18N4/c1-7-3-4-10-9(5-11(12)13)14-8(2)15(10)6-7/h7H,3-6H2,1-2H3,(H3,12,13). The number of imidazole rings is 1. The van der Waals surface area contributed by atoms with Gasteiger partial charge in [0.25, 0.3) is 0 Å². The molecular weight excluding hydrogens is 188 g/mol. The maximum Gasteiger partial charge on any atom is 0.106 e. The number of hydrogen-bond donors (Lipinski definition) is 2. The Morgan fingerprint density at radius 1 is 1.67 bits per heavy atom. The van der Waals surface area contributed by atoms with E-state index in [9.17, 15) is 0 Å². The van der Waals surface area contributed by atoms with Crippen LogP contribution in [0.5, 0.6) is 0 Å². The summed E-state index contributed by atoms with van der Waals surface area (Å²) < 4.78 is 2.28. The van der Waals surface area contributed by atoms with Gasteiger partial charge in [0.05, 0.1) is 11.5 Å². The fraction of sp³-hybridized carbons (Fsp3) is 0.636. The Morgan fingerprint density at radius 3 is 3.07 bits per heavy atom. The van der Waals surface area contributed by atoms with Crippen molar-refractivity contribution in [2.45, 2.75) is 39.7 Å². The summed E-state index contributed by atoms with van der Waals surface area (Å²) in [4.78, 5) is 4.51. The number of rotatable bonds is 2. The highest BCUT2D eigenvalue weighted by molar-refractivity contribution is 5.79. The number of nitrogens with one attached hydrogen (secondary N) is 1. The highest BCUT2D eigenvalue weighted by atomic mass is 15.1. The van der Waals surface area contributed by atoms with Crippen molar-refractivity contribution < 1.29 is 0 Å². The van der Waals surface area contributed by atoms with Crippen molar-refractivity contribution in [1.29, 1.82) is 5.41 Å². The van der Waals surface area contributed by atoms with Crippen LogP contribution in [0, 0.1) is 18.3 Å². The van der Waals surface area contributed by atoms with Crippen molar-refractivity contribution in [2.24, 2.45) is 11.7 Å². The minimum Gasteiger partial charge on any atom is -0.387 e. The molecule has 0 aromatic carbocycles. The molecule has 0 fully saturated rings. The first-order chi connectivity index (χ1) is 7.08. The van der Waals surface area contributed by atoms with E-state index in [0.29, 0.717) is 6.42 Å². The molecule has 3 N–H and O–H groups in total. The molecule has 2 heterocycles. The summed E-state index contributed by atoms with van der Waals surface area (Å²) in [7, 11) is 0. The van der Waals surface area contributed by atoms with E-state index in [1.165, 1.54) is 12.1 Å². The molecule has 0 spiro atoms. The number of aryl methyl sites for hydroxylation is 1. The predicted molar refractivity (Wildman–Crippen MR) is 60.1 cm³/mol. The molecule has 1 aliphatic heterocycles. The topological polar surface area (TPSA) is 67.7 Å². The fourth-order valence-corrected chi connectivity index (χ4v) is 2.30. The predicted octanol–water partition coefficient (Wildman–Crippen LogP) is 1.25. The minimum atomic E-state index is 0.203. The van der Waals surface area contributed by atoms with Crippen LogP contribution in [0.4, 0.5) is 0 Å². The quantitative estimate of drug-likeness (QED) is 0.565. The number of aromatic nitrogens is 2. The second-order valence-electron chi connectivity index (χ2n) is 4.51. The van der Waals surface area contributed by atoms with Gasteiger partial charge >= 0.3 is 0 Å². The third kappa shape index (κ3) is 1.89. The van der Waals surface area contributed by atoms with Gasteiger partial charge in [-0.25, -0.2) is 4.98 Å². The van der Waals surface area contributed by atoms with E-state index < -0.39 is 0 Å². The van der Waals surface area contributed by atoms with Crippen LogP contribution in [0.2, 0.25) is 0 Å². The van der Waals surface area contributed by atoms with E-state index in [4.69, 9.17) is 11.1 Å². The van der Waals surface area contributed by atoms with Gasteiger partial charge in [-0.05, 0) is 25.7 Å². The van der Waals surface area contributed by atoms with Crippen LogP contribution in [-0.4, -0.2) is 15.4 Å². The van der Waals surface area contributed by atoms with Crippen LogP contribution in [0.3, 0.4) is 0 Å². The lowest BCUT2D eigenvalue weighted by atomic mass is 9.98. The van der Waals surface area contributed by atoms with Gasteiger partial charge in [-0.2, -0.15) is 0 Å². The van der Waals surface area contributed by atoms with E-state index in [2.05, 4.69) is 16.5 Å². The summed E-state index contributed by atoms with van der Waals surface area (Å²) in [5.41, 5.74) is 7.73. The number of nitrogens with two attached hydrogens (primary N) is 1. The normalized spacial score (nSPS) is 20.0. The summed E-state index contributed by atoms with van der Waals surface area (Å²) in [5.74, 6) is 2.00. The summed E-state index contributed by atoms with van der Waals surface area (Å²) in [6, 6.07) is 0. The van der Waals surface area contributed by atoms with Gasteiger partial charge in [0.15, 0.2) is 0 Å². The van der Waals surface area contributed by atoms with Crippen LogP contribution < -0.4 is 5.73 Å². The Bertz CT molecular complexity index is 392. The number of fused-ring (bicyclic) bond motifs is 1. The van der Waals surface area contributed by atoms with Crippen LogP contribution in [0.25, 0.3) is 0 Å². The summed E-state index contributed by atoms with van der Waals surface area (Å²) >= 11 is 0. The maximum atomic E-state index is 7.33. The molecule has 1 unspecified atom stereocenters. The molecule has 0 bridgehead atoms. The lowest BCUT2D eigenvalue weighted by molar-refractivity contribution is 0.393. The zero-order valence-corrected chi connectivity index (χ0v) is 9.38. The van der Waals surface area contributed by atoms with Crippen LogP contribution in [0.15, 0.2) is 0 Å². The highest BCUT2D eigenvalue weighted by Crippen LogP contribution is 2.24. The van der Waals surface area contributed by atoms with E-state index in [1.807, 2.05) is 6.92 Å². The molecule has 1 aliphatic rings. The first-order valence-corrected chi connectivity index (χ1v) is 5.45. The molecule has 1 aromatic rings. The van der Waals surface area contributed by atoms with Crippen molar-refractivity contribution in [3.63, 3.8) is 0 Å². The summed E-state index contributed by atoms with van der Waals surface area (Å²) in [5, 5.41) is 7.33. The SMILES string of the molecule is Cc1nc(CC(=N)N)c2n1CC(C)CC2. The minimum absolute atomic E-state index is 0.203. The highest BCUT2D eigenvalue weighted by Gasteiger charge is 2.21. The zero-order valence-electron chi connectivity index (χ0n) is 9.38. The van der Waals surface area contributed by atoms with Crippen molar-refractivity contribution in [3.05, 3.63) is 17.2 Å². The Morgan fingerprint density at radius 2 is 2.40 bits per heavy atom. The third-order valence-electron chi connectivity index (χ3n) is 3.07. The maximum absolute atomic E-state index is 7.33. The second kappa shape index (κ2) is 3.68. The number of nitrogens with zero attached hydrogens (tertiary/aromatic N) is 2. The van der Waals surface area contributed by atoms with E-state index >= 15 is 0 Å². The van der Waals surface area contributed by atoms with Gasteiger partial charge in [0, 0.05) is 18.7 Å². The largest absolute Gasteiger partial charge is 0.387 e. The lowest BCUT2D eigenvalue weighted by Gasteiger charge is -2.22. The van der Waals surface area contributed by atoms with Gasteiger partial charge in [0.2, 0.25) is 0 Å². The smallest absolute Gasteiger partial charge is 0.106 e. The van der Waals surface area contributed by atoms with E-state index in [-0.39, 0.29) is 5.84 Å². The van der Waals surface area contributed by atoms with Gasteiger partial charge in [-0.1, -0.05) is 6.92 Å². The van der Waals surface area contributed by atoms with Gasteiger partial charge < -0.3 is 10.3 Å². The number of hydrogen-bond acceptors (Lipinski definition) is 2. The lowest BCUT2D eigenvalue weighted by Crippen LogP contribution is -2.20. The first-order valence-electron chi connectivity index (χ1n) is 5.45. The monoisotopic (exact) mass is 206 g/mol. The molecule has 0 saturated heterocycles. The van der Waals surface area contributed by atoms with Crippen LogP contribution in [0.1, 0.15) is 30.6 Å². The van der Waals surface area contributed by atoms with Gasteiger partial charge in [-0.3, -0.25) is 5.41 Å². The molecule has 0 radical (unpaired) electrons. The summed E-state index contributed by atoms with van der Waals surface area (Å²) in [6.45, 7) is 5.37. The van der Waals surface area contributed by atoms with Gasteiger partial charge in [-0.15, -0.1) is 0 Å². The third-order valence-corrected chi connectivity index (χ3v) is 3.07. The average molecular weight is 206 g/mol. The van der Waals surface area contributed by atoms with Crippen molar-refractivity contribution >= 4 is 5.84 Å². The van der Waals surface area contributed by atoms with Crippen molar-refractivity contribution in [1.82, 2.24) is 9.55 Å². The zero-order chi connectivity index (χ0) is 11.0. The molecule has 0 amide bonds. The molecule has 1 atom stereocenters. The molecule has 0 aliphatic carbocycles. The second-order valence-corrected chi connectivity index (χ2v) is 4.51. The number of amidine groups is 1.